The molecule has 0 atom stereocenters. The second-order valence-corrected chi connectivity index (χ2v) is 2.78. The fourth-order valence-electron chi connectivity index (χ4n) is 1.05. The summed E-state index contributed by atoms with van der Waals surface area (Å²) in [5.74, 6) is -0.738. The molecule has 1 aromatic heterocycles. The number of carbonyl (C=O) groups is 1. The number of hydrogen-bond donors (Lipinski definition) is 2. The number of nitrogens with zero attached hydrogens (tertiary/aromatic N) is 1. The number of carbonyl (C=O) groups excluding carboxylic acids is 1. The second kappa shape index (κ2) is 4.35. The van der Waals surface area contributed by atoms with E-state index in [0.717, 1.165) is 6.20 Å². The highest BCUT2D eigenvalue weighted by Crippen LogP contribution is 2.28. The van der Waals surface area contributed by atoms with Gasteiger partial charge in [-0.15, -0.1) is 13.2 Å². The Morgan fingerprint density at radius 3 is 2.56 bits per heavy atom. The van der Waals surface area contributed by atoms with Gasteiger partial charge in [0.15, 0.2) is 6.29 Å². The van der Waals surface area contributed by atoms with Crippen LogP contribution in [0.5, 0.6) is 5.88 Å². The first-order valence-corrected chi connectivity index (χ1v) is 4.07. The summed E-state index contributed by atoms with van der Waals surface area (Å²) in [4.78, 5) is 13.8. The van der Waals surface area contributed by atoms with Gasteiger partial charge in [-0.2, -0.15) is 0 Å². The van der Waals surface area contributed by atoms with Crippen LogP contribution in [0.25, 0.3) is 0 Å². The van der Waals surface area contributed by atoms with Crippen molar-refractivity contribution in [2.75, 3.05) is 5.73 Å². The first-order chi connectivity index (χ1) is 7.39. The van der Waals surface area contributed by atoms with Crippen molar-refractivity contribution in [1.82, 2.24) is 4.98 Å². The van der Waals surface area contributed by atoms with Crippen LogP contribution in [0, 0.1) is 0 Å². The van der Waals surface area contributed by atoms with E-state index >= 15 is 0 Å². The zero-order valence-electron chi connectivity index (χ0n) is 7.91. The van der Waals surface area contributed by atoms with Crippen molar-refractivity contribution in [3.05, 3.63) is 17.3 Å². The Bertz CT molecular complexity index is 406. The number of pyridine rings is 1. The van der Waals surface area contributed by atoms with Gasteiger partial charge in [-0.05, 0) is 0 Å². The normalized spacial score (nSPS) is 11.2. The van der Waals surface area contributed by atoms with E-state index in [1.165, 1.54) is 0 Å². The van der Waals surface area contributed by atoms with Gasteiger partial charge in [0.1, 0.15) is 0 Å². The summed E-state index contributed by atoms with van der Waals surface area (Å²) in [7, 11) is 0. The number of aromatic nitrogens is 1. The highest BCUT2D eigenvalue weighted by atomic mass is 19.4. The SMILES string of the molecule is NCc1c(OC(F)(F)F)ncc(C=O)c1N. The third-order valence-corrected chi connectivity index (χ3v) is 1.76. The molecule has 0 aromatic carbocycles. The van der Waals surface area contributed by atoms with Crippen LogP contribution in [-0.2, 0) is 6.54 Å². The molecule has 88 valence electrons. The molecular formula is C8H8F3N3O2. The first kappa shape index (κ1) is 12.2. The van der Waals surface area contributed by atoms with Gasteiger partial charge in [0.25, 0.3) is 0 Å². The maximum atomic E-state index is 12.0. The van der Waals surface area contributed by atoms with Gasteiger partial charge in [-0.3, -0.25) is 4.79 Å². The van der Waals surface area contributed by atoms with Gasteiger partial charge < -0.3 is 16.2 Å². The number of aldehydes is 1. The second-order valence-electron chi connectivity index (χ2n) is 2.78. The molecule has 0 aliphatic rings. The van der Waals surface area contributed by atoms with Crippen LogP contribution in [0.2, 0.25) is 0 Å². The van der Waals surface area contributed by atoms with E-state index in [4.69, 9.17) is 11.5 Å². The van der Waals surface area contributed by atoms with Crippen LogP contribution < -0.4 is 16.2 Å². The molecule has 4 N–H and O–H groups in total. The number of rotatable bonds is 3. The Morgan fingerprint density at radius 2 is 2.12 bits per heavy atom. The zero-order valence-corrected chi connectivity index (χ0v) is 7.91. The predicted octanol–water partition coefficient (Wildman–Crippen LogP) is 0.834. The van der Waals surface area contributed by atoms with Crippen molar-refractivity contribution in [2.45, 2.75) is 12.9 Å². The van der Waals surface area contributed by atoms with E-state index in [9.17, 15) is 18.0 Å². The van der Waals surface area contributed by atoms with Gasteiger partial charge in [0.05, 0.1) is 16.8 Å². The molecule has 0 fully saturated rings. The van der Waals surface area contributed by atoms with Gasteiger partial charge in [-0.25, -0.2) is 4.98 Å². The average Bonchev–Trinajstić information content (AvgIpc) is 2.16. The molecule has 0 unspecified atom stereocenters. The van der Waals surface area contributed by atoms with E-state index in [1.54, 1.807) is 0 Å². The minimum Gasteiger partial charge on any atom is -0.398 e. The molecule has 8 heteroatoms. The number of anilines is 1. The van der Waals surface area contributed by atoms with Crippen molar-refractivity contribution in [3.8, 4) is 5.88 Å². The minimum absolute atomic E-state index is 0.0324. The molecule has 0 saturated heterocycles. The first-order valence-electron chi connectivity index (χ1n) is 4.07. The molecule has 0 aliphatic heterocycles. The Hall–Kier alpha value is -1.83. The van der Waals surface area contributed by atoms with Crippen LogP contribution in [0.4, 0.5) is 18.9 Å². The summed E-state index contributed by atoms with van der Waals surface area (Å²) < 4.78 is 39.5. The number of hydrogen-bond acceptors (Lipinski definition) is 5. The Balaban J connectivity index is 3.21. The van der Waals surface area contributed by atoms with E-state index in [1.807, 2.05) is 0 Å². The molecule has 1 rings (SSSR count). The number of nitrogens with two attached hydrogens (primary N) is 2. The fraction of sp³-hybridized carbons (Fsp3) is 0.250. The van der Waals surface area contributed by atoms with Crippen molar-refractivity contribution >= 4 is 12.0 Å². The molecule has 0 amide bonds. The standard InChI is InChI=1S/C8H8F3N3O2/c9-8(10,11)16-7-5(1-12)6(13)4(3-15)2-14-7/h2-3H,1,12H2,(H2,13,14). The minimum atomic E-state index is -4.88. The Labute approximate surface area is 88.2 Å². The molecule has 16 heavy (non-hydrogen) atoms. The maximum absolute atomic E-state index is 12.0. The van der Waals surface area contributed by atoms with E-state index in [-0.39, 0.29) is 23.4 Å². The number of nitrogen functional groups attached to an aromatic ring is 1. The summed E-state index contributed by atoms with van der Waals surface area (Å²) in [5.41, 5.74) is 10.3. The summed E-state index contributed by atoms with van der Waals surface area (Å²) in [6.45, 7) is -0.314. The molecule has 0 bridgehead atoms. The van der Waals surface area contributed by atoms with Gasteiger partial charge in [0.2, 0.25) is 5.88 Å². The van der Waals surface area contributed by atoms with Crippen molar-refractivity contribution in [1.29, 1.82) is 0 Å². The number of halogens is 3. The summed E-state index contributed by atoms with van der Waals surface area (Å²) in [6, 6.07) is 0. The average molecular weight is 235 g/mol. The predicted molar refractivity (Wildman–Crippen MR) is 48.6 cm³/mol. The van der Waals surface area contributed by atoms with E-state index in [0.29, 0.717) is 6.29 Å². The van der Waals surface area contributed by atoms with Crippen LogP contribution >= 0.6 is 0 Å². The van der Waals surface area contributed by atoms with Gasteiger partial charge in [-0.1, -0.05) is 0 Å². The lowest BCUT2D eigenvalue weighted by Crippen LogP contribution is -2.20. The largest absolute Gasteiger partial charge is 0.574 e. The molecule has 0 aliphatic carbocycles. The molecule has 5 nitrogen and oxygen atoms in total. The maximum Gasteiger partial charge on any atom is 0.574 e. The topological polar surface area (TPSA) is 91.2 Å². The van der Waals surface area contributed by atoms with Crippen molar-refractivity contribution < 1.29 is 22.7 Å². The Morgan fingerprint density at radius 1 is 1.50 bits per heavy atom. The smallest absolute Gasteiger partial charge is 0.398 e. The molecule has 1 heterocycles. The van der Waals surface area contributed by atoms with Crippen molar-refractivity contribution in [2.24, 2.45) is 5.73 Å². The lowest BCUT2D eigenvalue weighted by atomic mass is 10.1. The summed E-state index contributed by atoms with van der Waals surface area (Å²) in [5, 5.41) is 0. The monoisotopic (exact) mass is 235 g/mol. The fourth-order valence-corrected chi connectivity index (χ4v) is 1.05. The highest BCUT2D eigenvalue weighted by molar-refractivity contribution is 5.84. The lowest BCUT2D eigenvalue weighted by Gasteiger charge is -2.13. The number of alkyl halides is 3. The summed E-state index contributed by atoms with van der Waals surface area (Å²) in [6.07, 6.45) is -3.62. The molecular weight excluding hydrogens is 227 g/mol. The van der Waals surface area contributed by atoms with Crippen LogP contribution in [0.1, 0.15) is 15.9 Å². The number of ether oxygens (including phenoxy) is 1. The molecule has 0 spiro atoms. The van der Waals surface area contributed by atoms with Gasteiger partial charge >= 0.3 is 6.36 Å². The highest BCUT2D eigenvalue weighted by Gasteiger charge is 2.33. The van der Waals surface area contributed by atoms with Crippen LogP contribution in [-0.4, -0.2) is 17.6 Å². The quantitative estimate of drug-likeness (QED) is 0.757. The van der Waals surface area contributed by atoms with E-state index in [2.05, 4.69) is 9.72 Å². The lowest BCUT2D eigenvalue weighted by molar-refractivity contribution is -0.276. The van der Waals surface area contributed by atoms with Gasteiger partial charge in [0, 0.05) is 12.7 Å². The van der Waals surface area contributed by atoms with Crippen molar-refractivity contribution in [3.63, 3.8) is 0 Å². The third kappa shape index (κ3) is 2.60. The molecule has 0 saturated carbocycles. The van der Waals surface area contributed by atoms with E-state index < -0.39 is 12.2 Å². The summed E-state index contributed by atoms with van der Waals surface area (Å²) >= 11 is 0. The van der Waals surface area contributed by atoms with Crippen LogP contribution in [0.15, 0.2) is 6.20 Å². The zero-order chi connectivity index (χ0) is 12.3. The Kier molecular flexibility index (Phi) is 3.33. The third-order valence-electron chi connectivity index (χ3n) is 1.76. The molecule has 0 radical (unpaired) electrons. The van der Waals surface area contributed by atoms with Crippen LogP contribution in [0.3, 0.4) is 0 Å². The molecule has 1 aromatic rings.